The molecule has 4 rings (SSSR count). The van der Waals surface area contributed by atoms with Crippen LogP contribution in [0.3, 0.4) is 0 Å². The maximum atomic E-state index is 13.3. The molecule has 182 valence electrons. The van der Waals surface area contributed by atoms with Crippen LogP contribution >= 0.6 is 11.8 Å². The van der Waals surface area contributed by atoms with Gasteiger partial charge in [0, 0.05) is 17.5 Å². The Kier molecular flexibility index (Phi) is 8.05. The van der Waals surface area contributed by atoms with Crippen LogP contribution in [0.25, 0.3) is 10.8 Å². The number of fused-ring (bicyclic) bond motifs is 1. The summed E-state index contributed by atoms with van der Waals surface area (Å²) in [4.78, 5) is 38.2. The van der Waals surface area contributed by atoms with Gasteiger partial charge in [-0.2, -0.15) is 0 Å². The van der Waals surface area contributed by atoms with E-state index < -0.39 is 30.6 Å². The van der Waals surface area contributed by atoms with Crippen molar-refractivity contribution in [3.05, 3.63) is 83.9 Å². The summed E-state index contributed by atoms with van der Waals surface area (Å²) in [7, 11) is 0. The Morgan fingerprint density at radius 3 is 2.46 bits per heavy atom. The van der Waals surface area contributed by atoms with Crippen LogP contribution in [0, 0.1) is 0 Å². The second-order valence-electron chi connectivity index (χ2n) is 8.64. The number of rotatable bonds is 9. The van der Waals surface area contributed by atoms with Crippen molar-refractivity contribution in [2.45, 2.75) is 30.2 Å². The van der Waals surface area contributed by atoms with Gasteiger partial charge >= 0.3 is 11.9 Å². The van der Waals surface area contributed by atoms with Crippen molar-refractivity contribution in [2.24, 2.45) is 0 Å². The molecule has 1 aliphatic heterocycles. The minimum Gasteiger partial charge on any atom is -0.480 e. The first-order valence-corrected chi connectivity index (χ1v) is 12.6. The van der Waals surface area contributed by atoms with E-state index in [9.17, 15) is 24.6 Å². The second kappa shape index (κ2) is 11.4. The molecule has 1 aliphatic rings. The van der Waals surface area contributed by atoms with Crippen molar-refractivity contribution in [1.29, 1.82) is 0 Å². The molecule has 8 heteroatoms. The predicted molar refractivity (Wildman–Crippen MR) is 136 cm³/mol. The number of carboxylic acid groups (broad SMARTS) is 2. The van der Waals surface area contributed by atoms with Gasteiger partial charge < -0.3 is 15.1 Å². The molecule has 0 aromatic heterocycles. The highest BCUT2D eigenvalue weighted by Crippen LogP contribution is 2.37. The van der Waals surface area contributed by atoms with Gasteiger partial charge in [0.2, 0.25) is 5.91 Å². The van der Waals surface area contributed by atoms with E-state index in [0.717, 1.165) is 21.9 Å². The van der Waals surface area contributed by atoms with E-state index in [0.29, 0.717) is 18.6 Å². The lowest BCUT2D eigenvalue weighted by atomic mass is 10.0. The van der Waals surface area contributed by atoms with Crippen LogP contribution < -0.4 is 5.32 Å². The number of aryl methyl sites for hydroxylation is 1. The number of nitrogens with one attached hydrogen (secondary N) is 1. The molecule has 0 aliphatic carbocycles. The van der Waals surface area contributed by atoms with Gasteiger partial charge in [-0.3, -0.25) is 19.7 Å². The van der Waals surface area contributed by atoms with Crippen molar-refractivity contribution in [1.82, 2.24) is 10.2 Å². The summed E-state index contributed by atoms with van der Waals surface area (Å²) in [6.45, 7) is -0.190. The first-order valence-electron chi connectivity index (χ1n) is 11.5. The SMILES string of the molecule is O=C(O)CN1CC(c2cccc3ccccc23)SCC(NC(CCc2ccccc2)C(=O)O)C1=O. The average molecular weight is 493 g/mol. The summed E-state index contributed by atoms with van der Waals surface area (Å²) < 4.78 is 0. The summed E-state index contributed by atoms with van der Waals surface area (Å²) >= 11 is 1.55. The molecule has 0 bridgehead atoms. The standard InChI is InChI=1S/C27H28N2O5S/c30-25(31)16-29-15-24(21-12-6-10-19-9-4-5-11-20(19)21)35-17-23(26(29)32)28-22(27(33)34)14-13-18-7-2-1-3-8-18/h1-12,22-24,28H,13-17H2,(H,30,31)(H,33,34). The first kappa shape index (κ1) is 24.8. The number of carboxylic acids is 2. The van der Waals surface area contributed by atoms with E-state index in [1.54, 1.807) is 11.8 Å². The van der Waals surface area contributed by atoms with Gasteiger partial charge in [-0.25, -0.2) is 0 Å². The quantitative estimate of drug-likeness (QED) is 0.419. The molecule has 3 atom stereocenters. The number of benzene rings is 3. The zero-order valence-corrected chi connectivity index (χ0v) is 20.0. The van der Waals surface area contributed by atoms with Crippen molar-refractivity contribution in [3.63, 3.8) is 0 Å². The monoisotopic (exact) mass is 492 g/mol. The third-order valence-corrected chi connectivity index (χ3v) is 7.55. The van der Waals surface area contributed by atoms with E-state index in [-0.39, 0.29) is 17.7 Å². The van der Waals surface area contributed by atoms with Crippen LogP contribution in [0.1, 0.15) is 22.8 Å². The predicted octanol–water partition coefficient (Wildman–Crippen LogP) is 3.59. The molecular formula is C27H28N2O5S. The van der Waals surface area contributed by atoms with Crippen LogP contribution in [0.4, 0.5) is 0 Å². The smallest absolute Gasteiger partial charge is 0.323 e. The molecule has 1 heterocycles. The maximum Gasteiger partial charge on any atom is 0.323 e. The molecule has 3 N–H and O–H groups in total. The van der Waals surface area contributed by atoms with E-state index in [4.69, 9.17) is 0 Å². The van der Waals surface area contributed by atoms with Gasteiger partial charge in [0.15, 0.2) is 0 Å². The third-order valence-electron chi connectivity index (χ3n) is 6.22. The molecule has 1 saturated heterocycles. The lowest BCUT2D eigenvalue weighted by molar-refractivity contribution is -0.146. The highest BCUT2D eigenvalue weighted by Gasteiger charge is 2.35. The number of thioether (sulfide) groups is 1. The summed E-state index contributed by atoms with van der Waals surface area (Å²) in [6.07, 6.45) is 0.871. The summed E-state index contributed by atoms with van der Waals surface area (Å²) in [6, 6.07) is 21.8. The van der Waals surface area contributed by atoms with E-state index >= 15 is 0 Å². The number of hydrogen-bond donors (Lipinski definition) is 3. The Morgan fingerprint density at radius 2 is 1.71 bits per heavy atom. The van der Waals surface area contributed by atoms with Crippen molar-refractivity contribution >= 4 is 40.4 Å². The summed E-state index contributed by atoms with van der Waals surface area (Å²) in [5.74, 6) is -2.16. The van der Waals surface area contributed by atoms with Crippen LogP contribution in [0.5, 0.6) is 0 Å². The molecule has 3 aromatic rings. The number of amides is 1. The zero-order chi connectivity index (χ0) is 24.8. The van der Waals surface area contributed by atoms with Crippen molar-refractivity contribution in [2.75, 3.05) is 18.8 Å². The maximum absolute atomic E-state index is 13.3. The lowest BCUT2D eigenvalue weighted by Crippen LogP contribution is -2.53. The van der Waals surface area contributed by atoms with Gasteiger partial charge in [0.1, 0.15) is 12.6 Å². The highest BCUT2D eigenvalue weighted by molar-refractivity contribution is 7.99. The third kappa shape index (κ3) is 6.21. The Morgan fingerprint density at radius 1 is 1.00 bits per heavy atom. The Balaban J connectivity index is 1.55. The van der Waals surface area contributed by atoms with Crippen molar-refractivity contribution in [3.8, 4) is 0 Å². The Labute approximate surface area is 208 Å². The van der Waals surface area contributed by atoms with Gasteiger partial charge in [0.05, 0.1) is 6.04 Å². The van der Waals surface area contributed by atoms with Gasteiger partial charge in [-0.15, -0.1) is 11.8 Å². The molecule has 3 unspecified atom stereocenters. The number of hydrogen-bond acceptors (Lipinski definition) is 5. The van der Waals surface area contributed by atoms with Gasteiger partial charge in [0.25, 0.3) is 0 Å². The average Bonchev–Trinajstić information content (AvgIpc) is 3.00. The van der Waals surface area contributed by atoms with Crippen LogP contribution in [-0.4, -0.2) is 63.9 Å². The Bertz CT molecular complexity index is 1200. The number of carbonyl (C=O) groups excluding carboxylic acids is 1. The molecule has 0 saturated carbocycles. The first-order chi connectivity index (χ1) is 16.9. The minimum absolute atomic E-state index is 0.135. The number of nitrogens with zero attached hydrogens (tertiary/aromatic N) is 1. The second-order valence-corrected chi connectivity index (χ2v) is 9.87. The van der Waals surface area contributed by atoms with Crippen LogP contribution in [0.2, 0.25) is 0 Å². The van der Waals surface area contributed by atoms with Gasteiger partial charge in [-0.1, -0.05) is 72.8 Å². The topological polar surface area (TPSA) is 107 Å². The Hall–Kier alpha value is -3.36. The largest absolute Gasteiger partial charge is 0.480 e. The molecule has 0 radical (unpaired) electrons. The fourth-order valence-corrected chi connectivity index (χ4v) is 5.80. The molecule has 7 nitrogen and oxygen atoms in total. The van der Waals surface area contributed by atoms with Crippen LogP contribution in [-0.2, 0) is 20.8 Å². The molecule has 1 fully saturated rings. The van der Waals surface area contributed by atoms with Crippen molar-refractivity contribution < 1.29 is 24.6 Å². The van der Waals surface area contributed by atoms with E-state index in [2.05, 4.69) is 5.32 Å². The molecule has 3 aromatic carbocycles. The minimum atomic E-state index is -1.10. The van der Waals surface area contributed by atoms with E-state index in [1.807, 2.05) is 72.8 Å². The highest BCUT2D eigenvalue weighted by atomic mass is 32.2. The zero-order valence-electron chi connectivity index (χ0n) is 19.2. The number of aliphatic carboxylic acids is 2. The molecule has 35 heavy (non-hydrogen) atoms. The summed E-state index contributed by atoms with van der Waals surface area (Å²) in [5.41, 5.74) is 2.06. The number of carbonyl (C=O) groups is 3. The fraction of sp³-hybridized carbons (Fsp3) is 0.296. The molecule has 0 spiro atoms. The van der Waals surface area contributed by atoms with Gasteiger partial charge in [-0.05, 0) is 34.7 Å². The fourth-order valence-electron chi connectivity index (χ4n) is 4.47. The summed E-state index contributed by atoms with van der Waals surface area (Å²) in [5, 5.41) is 24.3. The van der Waals surface area contributed by atoms with E-state index in [1.165, 1.54) is 4.90 Å². The molecule has 1 amide bonds. The normalized spacial score (nSPS) is 19.3. The lowest BCUT2D eigenvalue weighted by Gasteiger charge is -2.26. The van der Waals surface area contributed by atoms with Crippen LogP contribution in [0.15, 0.2) is 72.8 Å². The molecular weight excluding hydrogens is 464 g/mol.